The Morgan fingerprint density at radius 2 is 2.21 bits per heavy atom. The second-order valence-corrected chi connectivity index (χ2v) is 5.19. The van der Waals surface area contributed by atoms with E-state index < -0.39 is 23.6 Å². The van der Waals surface area contributed by atoms with E-state index in [1.165, 1.54) is 12.1 Å². The fourth-order valence-electron chi connectivity index (χ4n) is 2.51. The Labute approximate surface area is 110 Å². The molecule has 0 spiro atoms. The first kappa shape index (κ1) is 13.9. The number of nitrogens with zero attached hydrogens (tertiary/aromatic N) is 1. The van der Waals surface area contributed by atoms with Crippen LogP contribution in [0.5, 0.6) is 0 Å². The summed E-state index contributed by atoms with van der Waals surface area (Å²) < 4.78 is 26.4. The number of halogens is 2. The zero-order valence-corrected chi connectivity index (χ0v) is 10.8. The van der Waals surface area contributed by atoms with Crippen molar-refractivity contribution in [1.82, 2.24) is 4.90 Å². The number of piperidine rings is 1. The van der Waals surface area contributed by atoms with Crippen LogP contribution >= 0.6 is 0 Å². The lowest BCUT2D eigenvalue weighted by Crippen LogP contribution is -2.46. The molecule has 1 N–H and O–H groups in total. The van der Waals surface area contributed by atoms with E-state index in [0.29, 0.717) is 24.4 Å². The standard InChI is InChI=1S/C14H17F2NO2/c1-9-4-5-17(13(6-9)14(18)19)8-10-2-3-11(15)7-12(10)16/h2-3,7,9,13H,4-6,8H2,1H3,(H,18,19). The summed E-state index contributed by atoms with van der Waals surface area (Å²) in [6.45, 7) is 2.84. The van der Waals surface area contributed by atoms with Gasteiger partial charge in [-0.2, -0.15) is 0 Å². The van der Waals surface area contributed by atoms with E-state index in [0.717, 1.165) is 12.5 Å². The van der Waals surface area contributed by atoms with Crippen molar-refractivity contribution in [3.05, 3.63) is 35.4 Å². The van der Waals surface area contributed by atoms with Crippen molar-refractivity contribution < 1.29 is 18.7 Å². The molecule has 1 aliphatic heterocycles. The van der Waals surface area contributed by atoms with Crippen LogP contribution in [0.25, 0.3) is 0 Å². The van der Waals surface area contributed by atoms with Crippen molar-refractivity contribution >= 4 is 5.97 Å². The number of hydrogen-bond acceptors (Lipinski definition) is 2. The lowest BCUT2D eigenvalue weighted by molar-refractivity contribution is -0.145. The molecule has 1 saturated heterocycles. The van der Waals surface area contributed by atoms with E-state index >= 15 is 0 Å². The summed E-state index contributed by atoms with van der Waals surface area (Å²) in [5, 5.41) is 9.22. The van der Waals surface area contributed by atoms with Crippen LogP contribution in [-0.2, 0) is 11.3 Å². The molecular weight excluding hydrogens is 252 g/mol. The third-order valence-corrected chi connectivity index (χ3v) is 3.65. The van der Waals surface area contributed by atoms with Gasteiger partial charge in [-0.1, -0.05) is 13.0 Å². The number of carboxylic acids is 1. The molecule has 1 aliphatic rings. The maximum atomic E-state index is 13.6. The minimum atomic E-state index is -0.880. The van der Waals surface area contributed by atoms with Crippen molar-refractivity contribution in [2.24, 2.45) is 5.92 Å². The molecule has 2 rings (SSSR count). The Morgan fingerprint density at radius 1 is 1.47 bits per heavy atom. The predicted molar refractivity (Wildman–Crippen MR) is 66.6 cm³/mol. The molecule has 2 unspecified atom stereocenters. The highest BCUT2D eigenvalue weighted by Gasteiger charge is 2.31. The molecule has 0 aromatic heterocycles. The van der Waals surface area contributed by atoms with Gasteiger partial charge in [0.1, 0.15) is 17.7 Å². The molecule has 0 saturated carbocycles. The maximum Gasteiger partial charge on any atom is 0.320 e. The van der Waals surface area contributed by atoms with Crippen molar-refractivity contribution in [2.45, 2.75) is 32.4 Å². The minimum absolute atomic E-state index is 0.204. The van der Waals surface area contributed by atoms with Gasteiger partial charge in [-0.25, -0.2) is 8.78 Å². The van der Waals surface area contributed by atoms with Gasteiger partial charge in [-0.3, -0.25) is 9.69 Å². The third-order valence-electron chi connectivity index (χ3n) is 3.65. The van der Waals surface area contributed by atoms with Gasteiger partial charge >= 0.3 is 5.97 Å². The van der Waals surface area contributed by atoms with Crippen molar-refractivity contribution in [3.63, 3.8) is 0 Å². The fourth-order valence-corrected chi connectivity index (χ4v) is 2.51. The Bertz CT molecular complexity index is 479. The smallest absolute Gasteiger partial charge is 0.320 e. The zero-order chi connectivity index (χ0) is 14.0. The molecule has 0 bridgehead atoms. The van der Waals surface area contributed by atoms with E-state index in [-0.39, 0.29) is 6.54 Å². The van der Waals surface area contributed by atoms with Gasteiger partial charge in [0.25, 0.3) is 0 Å². The molecule has 19 heavy (non-hydrogen) atoms. The van der Waals surface area contributed by atoms with Crippen LogP contribution in [0.15, 0.2) is 18.2 Å². The Morgan fingerprint density at radius 3 is 2.84 bits per heavy atom. The highest BCUT2D eigenvalue weighted by molar-refractivity contribution is 5.73. The summed E-state index contributed by atoms with van der Waals surface area (Å²) in [5.41, 5.74) is 0.335. The first-order chi connectivity index (χ1) is 8.97. The summed E-state index contributed by atoms with van der Waals surface area (Å²) in [6, 6.07) is 2.81. The van der Waals surface area contributed by atoms with Crippen molar-refractivity contribution in [1.29, 1.82) is 0 Å². The van der Waals surface area contributed by atoms with Crippen LogP contribution in [0.2, 0.25) is 0 Å². The molecule has 0 amide bonds. The summed E-state index contributed by atoms with van der Waals surface area (Å²) in [4.78, 5) is 13.0. The largest absolute Gasteiger partial charge is 0.480 e. The van der Waals surface area contributed by atoms with Crippen LogP contribution in [0.3, 0.4) is 0 Å². The van der Waals surface area contributed by atoms with Gasteiger partial charge in [-0.05, 0) is 31.4 Å². The number of benzene rings is 1. The van der Waals surface area contributed by atoms with E-state index in [4.69, 9.17) is 0 Å². The van der Waals surface area contributed by atoms with Gasteiger partial charge in [0.2, 0.25) is 0 Å². The lowest BCUT2D eigenvalue weighted by Gasteiger charge is -2.36. The number of carbonyl (C=O) groups is 1. The number of aliphatic carboxylic acids is 1. The van der Waals surface area contributed by atoms with Crippen molar-refractivity contribution in [2.75, 3.05) is 6.54 Å². The number of rotatable bonds is 3. The highest BCUT2D eigenvalue weighted by atomic mass is 19.1. The molecule has 5 heteroatoms. The van der Waals surface area contributed by atoms with Crippen LogP contribution in [-0.4, -0.2) is 28.6 Å². The van der Waals surface area contributed by atoms with Crippen LogP contribution in [0.1, 0.15) is 25.3 Å². The molecule has 1 heterocycles. The van der Waals surface area contributed by atoms with Crippen LogP contribution in [0, 0.1) is 17.6 Å². The molecule has 3 nitrogen and oxygen atoms in total. The summed E-state index contributed by atoms with van der Waals surface area (Å²) in [5.74, 6) is -1.77. The molecule has 2 atom stereocenters. The molecule has 0 aliphatic carbocycles. The highest BCUT2D eigenvalue weighted by Crippen LogP contribution is 2.25. The normalized spacial score (nSPS) is 24.4. The van der Waals surface area contributed by atoms with E-state index in [9.17, 15) is 18.7 Å². The monoisotopic (exact) mass is 269 g/mol. The Balaban J connectivity index is 2.14. The zero-order valence-electron chi connectivity index (χ0n) is 10.8. The molecule has 1 fully saturated rings. The van der Waals surface area contributed by atoms with E-state index in [1.807, 2.05) is 6.92 Å². The van der Waals surface area contributed by atoms with Crippen molar-refractivity contribution in [3.8, 4) is 0 Å². The van der Waals surface area contributed by atoms with E-state index in [1.54, 1.807) is 4.90 Å². The summed E-state index contributed by atoms with van der Waals surface area (Å²) >= 11 is 0. The molecule has 104 valence electrons. The number of likely N-dealkylation sites (tertiary alicyclic amines) is 1. The quantitative estimate of drug-likeness (QED) is 0.917. The molecule has 0 radical (unpaired) electrons. The van der Waals surface area contributed by atoms with Gasteiger partial charge in [0.15, 0.2) is 0 Å². The van der Waals surface area contributed by atoms with Gasteiger partial charge < -0.3 is 5.11 Å². The molecule has 1 aromatic rings. The average Bonchev–Trinajstić information content (AvgIpc) is 2.34. The van der Waals surface area contributed by atoms with Gasteiger partial charge in [0, 0.05) is 18.2 Å². The SMILES string of the molecule is CC1CCN(Cc2ccc(F)cc2F)C(C(=O)O)C1. The fraction of sp³-hybridized carbons (Fsp3) is 0.500. The Hall–Kier alpha value is -1.49. The second kappa shape index (κ2) is 5.65. The summed E-state index contributed by atoms with van der Waals surface area (Å²) in [7, 11) is 0. The average molecular weight is 269 g/mol. The van der Waals surface area contributed by atoms with Crippen LogP contribution < -0.4 is 0 Å². The van der Waals surface area contributed by atoms with Gasteiger partial charge in [-0.15, -0.1) is 0 Å². The number of carboxylic acid groups (broad SMARTS) is 1. The summed E-state index contributed by atoms with van der Waals surface area (Å²) in [6.07, 6.45) is 1.46. The van der Waals surface area contributed by atoms with E-state index in [2.05, 4.69) is 0 Å². The Kier molecular flexibility index (Phi) is 4.14. The first-order valence-electron chi connectivity index (χ1n) is 6.38. The molecular formula is C14H17F2NO2. The third kappa shape index (κ3) is 3.29. The molecule has 1 aromatic carbocycles. The predicted octanol–water partition coefficient (Wildman–Crippen LogP) is 2.65. The topological polar surface area (TPSA) is 40.5 Å². The first-order valence-corrected chi connectivity index (χ1v) is 6.38. The van der Waals surface area contributed by atoms with Gasteiger partial charge in [0.05, 0.1) is 0 Å². The maximum absolute atomic E-state index is 13.6. The minimum Gasteiger partial charge on any atom is -0.480 e. The van der Waals surface area contributed by atoms with Crippen LogP contribution in [0.4, 0.5) is 8.78 Å². The second-order valence-electron chi connectivity index (χ2n) is 5.19. The lowest BCUT2D eigenvalue weighted by atomic mass is 9.92. The number of hydrogen-bond donors (Lipinski definition) is 1.